The molecule has 26 heavy (non-hydrogen) atoms. The van der Waals surface area contributed by atoms with Crippen LogP contribution in [0.2, 0.25) is 0 Å². The minimum absolute atomic E-state index is 0.239. The summed E-state index contributed by atoms with van der Waals surface area (Å²) in [5.41, 5.74) is 0. The molecule has 140 valence electrons. The molecule has 0 aliphatic carbocycles. The van der Waals surface area contributed by atoms with Crippen LogP contribution in [0.4, 0.5) is 0 Å². The molecule has 0 saturated carbocycles. The van der Waals surface area contributed by atoms with Crippen LogP contribution in [0.25, 0.3) is 0 Å². The Morgan fingerprint density at radius 1 is 0.923 bits per heavy atom. The molecule has 2 amide bonds. The number of ether oxygens (including phenoxy) is 2. The van der Waals surface area contributed by atoms with Gasteiger partial charge in [-0.05, 0) is 0 Å². The number of carbonyl (C=O) groups excluding carboxylic acids is 5. The Morgan fingerprint density at radius 2 is 1.38 bits per heavy atom. The average Bonchev–Trinajstić information content (AvgIpc) is 2.95. The lowest BCUT2D eigenvalue weighted by molar-refractivity contribution is -0.166. The van der Waals surface area contributed by atoms with Gasteiger partial charge in [-0.1, -0.05) is 0 Å². The number of ketones is 1. The molecule has 0 aromatic carbocycles. The number of nitrogens with zero attached hydrogens (tertiary/aromatic N) is 2. The zero-order valence-electron chi connectivity index (χ0n) is 13.8. The van der Waals surface area contributed by atoms with Crippen molar-refractivity contribution in [2.45, 2.75) is 25.3 Å². The Morgan fingerprint density at radius 3 is 1.81 bits per heavy atom. The first-order valence-corrected chi connectivity index (χ1v) is 7.29. The molecule has 2 aliphatic heterocycles. The Labute approximate surface area is 146 Å². The Kier molecular flexibility index (Phi) is 5.19. The number of guanidine groups is 2. The molecular weight excluding hydrogens is 352 g/mol. The molecule has 0 radical (unpaired) electrons. The van der Waals surface area contributed by atoms with E-state index in [1.807, 2.05) is 0 Å². The van der Waals surface area contributed by atoms with Crippen LogP contribution in [0.3, 0.4) is 0 Å². The number of rotatable bonds is 6. The van der Waals surface area contributed by atoms with E-state index in [2.05, 4.69) is 10.6 Å². The summed E-state index contributed by atoms with van der Waals surface area (Å²) in [5.74, 6) is -5.32. The van der Waals surface area contributed by atoms with Gasteiger partial charge in [0.05, 0.1) is 6.42 Å². The molecule has 2 rings (SSSR count). The van der Waals surface area contributed by atoms with Crippen molar-refractivity contribution in [2.24, 2.45) is 0 Å². The predicted molar refractivity (Wildman–Crippen MR) is 81.3 cm³/mol. The van der Waals surface area contributed by atoms with Gasteiger partial charge >= 0.3 is 11.9 Å². The topological polar surface area (TPSA) is 182 Å². The molecule has 13 heteroatoms. The average molecular weight is 368 g/mol. The van der Waals surface area contributed by atoms with Crippen LogP contribution in [0, 0.1) is 10.8 Å². The van der Waals surface area contributed by atoms with E-state index in [0.717, 1.165) is 9.80 Å². The van der Waals surface area contributed by atoms with Gasteiger partial charge in [0.1, 0.15) is 0 Å². The molecule has 0 spiro atoms. The number of hydrogen-bond donors (Lipinski definition) is 4. The highest BCUT2D eigenvalue weighted by atomic mass is 16.6. The largest absolute Gasteiger partial charge is 0.432 e. The van der Waals surface area contributed by atoms with Gasteiger partial charge in [-0.25, -0.2) is 4.79 Å². The SMILES string of the molecule is CN1C(=N)NC(=O)C1OC(=O)CCC(=O)C(=O)OC1C(=O)NC(=N)N1C. The molecule has 2 heterocycles. The van der Waals surface area contributed by atoms with Gasteiger partial charge in [-0.2, -0.15) is 0 Å². The highest BCUT2D eigenvalue weighted by Gasteiger charge is 2.39. The summed E-state index contributed by atoms with van der Waals surface area (Å²) in [7, 11) is 2.68. The van der Waals surface area contributed by atoms with Gasteiger partial charge < -0.3 is 19.3 Å². The van der Waals surface area contributed by atoms with Gasteiger partial charge in [0.2, 0.25) is 17.7 Å². The second kappa shape index (κ2) is 7.16. The molecule has 2 fully saturated rings. The summed E-state index contributed by atoms with van der Waals surface area (Å²) in [6.07, 6.45) is -3.81. The molecule has 0 aromatic rings. The van der Waals surface area contributed by atoms with E-state index in [-0.39, 0.29) is 11.9 Å². The third kappa shape index (κ3) is 3.76. The lowest BCUT2D eigenvalue weighted by atomic mass is 10.2. The standard InChI is InChI=1S/C13H16N6O7/c1-18-9(7(22)16-12(18)14)25-6(21)4-3-5(20)11(24)26-10-8(23)17-13(15)19(10)2/h9-10H,3-4H2,1-2H3,(H2,14,16,22)(H2,15,17,23). The lowest BCUT2D eigenvalue weighted by Gasteiger charge is -2.18. The molecule has 0 aromatic heterocycles. The molecule has 13 nitrogen and oxygen atoms in total. The van der Waals surface area contributed by atoms with Crippen molar-refractivity contribution < 1.29 is 33.4 Å². The zero-order valence-corrected chi connectivity index (χ0v) is 13.8. The van der Waals surface area contributed by atoms with Crippen molar-refractivity contribution in [3.63, 3.8) is 0 Å². The maximum atomic E-state index is 11.7. The van der Waals surface area contributed by atoms with Gasteiger partial charge in [-0.15, -0.1) is 0 Å². The first-order valence-electron chi connectivity index (χ1n) is 7.29. The highest BCUT2D eigenvalue weighted by Crippen LogP contribution is 2.10. The number of esters is 2. The van der Waals surface area contributed by atoms with Crippen LogP contribution in [-0.2, 0) is 33.4 Å². The molecule has 2 atom stereocenters. The summed E-state index contributed by atoms with van der Waals surface area (Å²) in [5, 5.41) is 19.0. The van der Waals surface area contributed by atoms with Crippen LogP contribution < -0.4 is 10.6 Å². The summed E-state index contributed by atoms with van der Waals surface area (Å²) in [6.45, 7) is 0. The van der Waals surface area contributed by atoms with Crippen molar-refractivity contribution in [1.82, 2.24) is 20.4 Å². The minimum atomic E-state index is -1.44. The van der Waals surface area contributed by atoms with Crippen molar-refractivity contribution >= 4 is 41.5 Å². The first kappa shape index (κ1) is 18.8. The van der Waals surface area contributed by atoms with Crippen molar-refractivity contribution in [1.29, 1.82) is 10.8 Å². The summed E-state index contributed by atoms with van der Waals surface area (Å²) in [4.78, 5) is 60.2. The number of likely N-dealkylation sites (N-methyl/N-ethyl adjacent to an activating group) is 2. The number of carbonyl (C=O) groups is 5. The smallest absolute Gasteiger partial charge is 0.376 e. The fourth-order valence-electron chi connectivity index (χ4n) is 2.05. The van der Waals surface area contributed by atoms with E-state index in [4.69, 9.17) is 20.3 Å². The van der Waals surface area contributed by atoms with Crippen LogP contribution in [0.1, 0.15) is 12.8 Å². The summed E-state index contributed by atoms with van der Waals surface area (Å²) in [6, 6.07) is 0. The number of nitrogens with one attached hydrogen (secondary N) is 4. The van der Waals surface area contributed by atoms with Crippen molar-refractivity contribution in [3.05, 3.63) is 0 Å². The van der Waals surface area contributed by atoms with Crippen LogP contribution in [0.5, 0.6) is 0 Å². The van der Waals surface area contributed by atoms with Crippen molar-refractivity contribution in [2.75, 3.05) is 14.1 Å². The van der Waals surface area contributed by atoms with E-state index in [9.17, 15) is 24.0 Å². The van der Waals surface area contributed by atoms with Gasteiger partial charge in [0.15, 0.2) is 0 Å². The fourth-order valence-corrected chi connectivity index (χ4v) is 2.05. The Hall–Kier alpha value is -3.51. The second-order valence-corrected chi connectivity index (χ2v) is 5.42. The molecule has 2 aliphatic rings. The third-order valence-electron chi connectivity index (χ3n) is 3.59. The Bertz CT molecular complexity index is 720. The second-order valence-electron chi connectivity index (χ2n) is 5.42. The van der Waals surface area contributed by atoms with Crippen LogP contribution in [-0.4, -0.2) is 77.8 Å². The monoisotopic (exact) mass is 368 g/mol. The maximum absolute atomic E-state index is 11.7. The third-order valence-corrected chi connectivity index (χ3v) is 3.59. The number of hydrogen-bond acceptors (Lipinski definition) is 9. The van der Waals surface area contributed by atoms with E-state index < -0.39 is 54.8 Å². The van der Waals surface area contributed by atoms with Gasteiger partial charge in [0.25, 0.3) is 24.3 Å². The van der Waals surface area contributed by atoms with Gasteiger partial charge in [0, 0.05) is 20.5 Å². The van der Waals surface area contributed by atoms with Crippen LogP contribution >= 0.6 is 0 Å². The number of Topliss-reactive ketones (excluding diaryl/α,β-unsaturated/α-hetero) is 1. The fraction of sp³-hybridized carbons (Fsp3) is 0.462. The first-order chi connectivity index (χ1) is 12.1. The zero-order chi connectivity index (χ0) is 19.6. The predicted octanol–water partition coefficient (Wildman–Crippen LogP) is -2.93. The number of amides is 2. The minimum Gasteiger partial charge on any atom is -0.432 e. The quantitative estimate of drug-likeness (QED) is 0.281. The van der Waals surface area contributed by atoms with E-state index in [1.54, 1.807) is 0 Å². The van der Waals surface area contributed by atoms with Gasteiger partial charge in [-0.3, -0.25) is 40.6 Å². The molecular formula is C13H16N6O7. The van der Waals surface area contributed by atoms with Crippen molar-refractivity contribution in [3.8, 4) is 0 Å². The lowest BCUT2D eigenvalue weighted by Crippen LogP contribution is -2.38. The van der Waals surface area contributed by atoms with E-state index in [1.165, 1.54) is 14.1 Å². The Balaban J connectivity index is 1.80. The molecule has 2 unspecified atom stereocenters. The molecule has 0 bridgehead atoms. The van der Waals surface area contributed by atoms with E-state index >= 15 is 0 Å². The molecule has 4 N–H and O–H groups in total. The maximum Gasteiger partial charge on any atom is 0.376 e. The van der Waals surface area contributed by atoms with E-state index in [0.29, 0.717) is 0 Å². The molecule has 2 saturated heterocycles. The van der Waals surface area contributed by atoms with Crippen LogP contribution in [0.15, 0.2) is 0 Å². The highest BCUT2D eigenvalue weighted by molar-refractivity contribution is 6.34. The summed E-state index contributed by atoms with van der Waals surface area (Å²) < 4.78 is 9.56. The normalized spacial score (nSPS) is 22.2. The summed E-state index contributed by atoms with van der Waals surface area (Å²) >= 11 is 0.